The number of nitrogen functional groups attached to an aromatic ring is 1. The van der Waals surface area contributed by atoms with Crippen molar-refractivity contribution in [3.05, 3.63) is 23.8 Å². The number of anilines is 1. The summed E-state index contributed by atoms with van der Waals surface area (Å²) in [5.41, 5.74) is 8.50. The van der Waals surface area contributed by atoms with Gasteiger partial charge in [-0.2, -0.15) is 0 Å². The smallest absolute Gasteiger partial charge is 0.119 e. The number of aryl methyl sites for hydroxylation is 1. The van der Waals surface area contributed by atoms with Crippen LogP contribution in [0.5, 0.6) is 5.75 Å². The fourth-order valence-corrected chi connectivity index (χ4v) is 6.59. The van der Waals surface area contributed by atoms with Crippen LogP contribution in [0.25, 0.3) is 0 Å². The third-order valence-electron chi connectivity index (χ3n) is 9.68. The van der Waals surface area contributed by atoms with Crippen molar-refractivity contribution in [1.82, 2.24) is 0 Å². The number of nitrogens with two attached hydrogens (primary N) is 1. The molecule has 0 aliphatic carbocycles. The third kappa shape index (κ3) is 27.2. The van der Waals surface area contributed by atoms with Crippen molar-refractivity contribution in [3.63, 3.8) is 0 Å². The molecule has 0 aromatic heterocycles. The van der Waals surface area contributed by atoms with E-state index in [4.69, 9.17) is 10.5 Å². The Labute approximate surface area is 277 Å². The van der Waals surface area contributed by atoms with E-state index < -0.39 is 0 Å². The van der Waals surface area contributed by atoms with Crippen molar-refractivity contribution < 1.29 is 4.74 Å². The van der Waals surface area contributed by atoms with E-state index in [1.807, 2.05) is 6.07 Å². The first kappa shape index (κ1) is 40.8. The standard InChI is InChI=1S/C42H79NO/c1-3-5-7-9-11-13-15-17-19-21-23-25-27-29-31-33-35-40-39-41(36-37-42(40)43)44-38-34-32-30-28-26-24-22-20-18-16-14-12-10-8-6-4-2/h36-37,39H,3-35,38,43H2,1-2H3. The van der Waals surface area contributed by atoms with Gasteiger partial charge in [0, 0.05) is 5.69 Å². The van der Waals surface area contributed by atoms with Gasteiger partial charge in [0.05, 0.1) is 6.61 Å². The van der Waals surface area contributed by atoms with Gasteiger partial charge in [-0.1, -0.05) is 206 Å². The lowest BCUT2D eigenvalue weighted by Crippen LogP contribution is -2.00. The Bertz CT molecular complexity index is 701. The molecule has 1 aromatic rings. The van der Waals surface area contributed by atoms with Gasteiger partial charge in [0.25, 0.3) is 0 Å². The summed E-state index contributed by atoms with van der Waals surface area (Å²) in [5, 5.41) is 0. The van der Waals surface area contributed by atoms with Crippen LogP contribution in [0.15, 0.2) is 18.2 Å². The van der Waals surface area contributed by atoms with E-state index in [0.29, 0.717) is 0 Å². The molecule has 0 saturated carbocycles. The minimum Gasteiger partial charge on any atom is -0.494 e. The summed E-state index contributed by atoms with van der Waals surface area (Å²) in [5.74, 6) is 1.01. The number of hydrogen-bond acceptors (Lipinski definition) is 2. The van der Waals surface area contributed by atoms with Crippen LogP contribution in [-0.4, -0.2) is 6.61 Å². The van der Waals surface area contributed by atoms with Crippen LogP contribution in [0.3, 0.4) is 0 Å². The van der Waals surface area contributed by atoms with Gasteiger partial charge in [-0.25, -0.2) is 0 Å². The fourth-order valence-electron chi connectivity index (χ4n) is 6.59. The van der Waals surface area contributed by atoms with Crippen LogP contribution in [-0.2, 0) is 6.42 Å². The zero-order valence-corrected chi connectivity index (χ0v) is 30.3. The molecule has 258 valence electrons. The zero-order chi connectivity index (χ0) is 31.6. The van der Waals surface area contributed by atoms with E-state index in [1.54, 1.807) is 0 Å². The minimum absolute atomic E-state index is 0.834. The van der Waals surface area contributed by atoms with Gasteiger partial charge >= 0.3 is 0 Å². The Morgan fingerprint density at radius 1 is 0.409 bits per heavy atom. The van der Waals surface area contributed by atoms with Crippen molar-refractivity contribution in [2.24, 2.45) is 0 Å². The molecular formula is C42H79NO. The molecular weight excluding hydrogens is 534 g/mol. The molecule has 0 fully saturated rings. The number of rotatable bonds is 35. The average Bonchev–Trinajstić information content (AvgIpc) is 3.03. The normalized spacial score (nSPS) is 11.4. The Morgan fingerprint density at radius 3 is 1.09 bits per heavy atom. The summed E-state index contributed by atoms with van der Waals surface area (Å²) in [6.07, 6.45) is 46.2. The van der Waals surface area contributed by atoms with E-state index in [2.05, 4.69) is 26.0 Å². The maximum Gasteiger partial charge on any atom is 0.119 e. The van der Waals surface area contributed by atoms with Gasteiger partial charge in [-0.15, -0.1) is 0 Å². The lowest BCUT2D eigenvalue weighted by Gasteiger charge is -2.11. The van der Waals surface area contributed by atoms with Gasteiger partial charge in [-0.3, -0.25) is 0 Å². The fraction of sp³-hybridized carbons (Fsp3) is 0.857. The summed E-state index contributed by atoms with van der Waals surface area (Å²) in [6.45, 7) is 5.43. The van der Waals surface area contributed by atoms with Crippen molar-refractivity contribution in [2.75, 3.05) is 12.3 Å². The first-order valence-electron chi connectivity index (χ1n) is 20.3. The summed E-state index contributed by atoms with van der Waals surface area (Å²) >= 11 is 0. The molecule has 1 aromatic carbocycles. The lowest BCUT2D eigenvalue weighted by molar-refractivity contribution is 0.304. The van der Waals surface area contributed by atoms with Crippen LogP contribution in [0.2, 0.25) is 0 Å². The average molecular weight is 614 g/mol. The van der Waals surface area contributed by atoms with Crippen LogP contribution in [0.1, 0.15) is 225 Å². The highest BCUT2D eigenvalue weighted by Crippen LogP contribution is 2.23. The highest BCUT2D eigenvalue weighted by molar-refractivity contribution is 5.50. The van der Waals surface area contributed by atoms with Gasteiger partial charge in [-0.05, 0) is 43.0 Å². The summed E-state index contributed by atoms with van der Waals surface area (Å²) < 4.78 is 6.10. The molecule has 0 unspecified atom stereocenters. The molecule has 2 N–H and O–H groups in total. The highest BCUT2D eigenvalue weighted by atomic mass is 16.5. The maximum atomic E-state index is 6.30. The number of unbranched alkanes of at least 4 members (excludes halogenated alkanes) is 30. The van der Waals surface area contributed by atoms with E-state index >= 15 is 0 Å². The Balaban J connectivity index is 1.90. The Kier molecular flexibility index (Phi) is 30.8. The zero-order valence-electron chi connectivity index (χ0n) is 30.3. The monoisotopic (exact) mass is 614 g/mol. The van der Waals surface area contributed by atoms with E-state index in [0.717, 1.165) is 30.9 Å². The molecule has 0 atom stereocenters. The molecule has 0 aliphatic heterocycles. The quantitative estimate of drug-likeness (QED) is 0.0610. The first-order valence-corrected chi connectivity index (χ1v) is 20.3. The van der Waals surface area contributed by atoms with Gasteiger partial charge in [0.1, 0.15) is 5.75 Å². The third-order valence-corrected chi connectivity index (χ3v) is 9.68. The second kappa shape index (κ2) is 33.2. The van der Waals surface area contributed by atoms with E-state index in [9.17, 15) is 0 Å². The summed E-state index contributed by atoms with van der Waals surface area (Å²) in [6, 6.07) is 6.30. The maximum absolute atomic E-state index is 6.30. The SMILES string of the molecule is CCCCCCCCCCCCCCCCCCOc1ccc(N)c(CCCCCCCCCCCCCCCCCC)c1. The van der Waals surface area contributed by atoms with Crippen LogP contribution < -0.4 is 10.5 Å². The molecule has 2 heteroatoms. The van der Waals surface area contributed by atoms with Crippen molar-refractivity contribution in [3.8, 4) is 5.75 Å². The predicted octanol–water partition coefficient (Wildman–Crippen LogP) is 14.7. The van der Waals surface area contributed by atoms with E-state index in [-0.39, 0.29) is 0 Å². The van der Waals surface area contributed by atoms with Crippen molar-refractivity contribution in [1.29, 1.82) is 0 Å². The molecule has 0 heterocycles. The second-order valence-electron chi connectivity index (χ2n) is 14.1. The molecule has 0 spiro atoms. The Morgan fingerprint density at radius 2 is 0.727 bits per heavy atom. The van der Waals surface area contributed by atoms with Crippen LogP contribution in [0, 0.1) is 0 Å². The number of ether oxygens (including phenoxy) is 1. The molecule has 0 radical (unpaired) electrons. The lowest BCUT2D eigenvalue weighted by atomic mass is 10.0. The molecule has 44 heavy (non-hydrogen) atoms. The molecule has 0 amide bonds. The van der Waals surface area contributed by atoms with E-state index in [1.165, 1.54) is 205 Å². The minimum atomic E-state index is 0.834. The summed E-state index contributed by atoms with van der Waals surface area (Å²) in [7, 11) is 0. The predicted molar refractivity (Wildman–Crippen MR) is 199 cm³/mol. The molecule has 1 rings (SSSR count). The van der Waals surface area contributed by atoms with Gasteiger partial charge < -0.3 is 10.5 Å². The molecule has 0 saturated heterocycles. The van der Waals surface area contributed by atoms with Crippen LogP contribution >= 0.6 is 0 Å². The van der Waals surface area contributed by atoms with Gasteiger partial charge in [0.2, 0.25) is 0 Å². The van der Waals surface area contributed by atoms with Crippen LogP contribution in [0.4, 0.5) is 5.69 Å². The van der Waals surface area contributed by atoms with Crippen molar-refractivity contribution >= 4 is 5.69 Å². The van der Waals surface area contributed by atoms with Gasteiger partial charge in [0.15, 0.2) is 0 Å². The second-order valence-corrected chi connectivity index (χ2v) is 14.1. The molecule has 2 nitrogen and oxygen atoms in total. The summed E-state index contributed by atoms with van der Waals surface area (Å²) in [4.78, 5) is 0. The Hall–Kier alpha value is -1.18. The largest absolute Gasteiger partial charge is 0.494 e. The molecule has 0 aliphatic rings. The first-order chi connectivity index (χ1) is 21.8. The number of hydrogen-bond donors (Lipinski definition) is 1. The highest BCUT2D eigenvalue weighted by Gasteiger charge is 2.03. The van der Waals surface area contributed by atoms with Crippen molar-refractivity contribution in [2.45, 2.75) is 226 Å². The topological polar surface area (TPSA) is 35.2 Å². The molecule has 0 bridgehead atoms. The number of benzene rings is 1.